The first-order chi connectivity index (χ1) is 19.0. The van der Waals surface area contributed by atoms with Gasteiger partial charge in [-0.05, 0) is 66.8 Å². The van der Waals surface area contributed by atoms with E-state index in [4.69, 9.17) is 27.9 Å². The maximum absolute atomic E-state index is 13.2. The topological polar surface area (TPSA) is 53.0 Å². The van der Waals surface area contributed by atoms with Crippen molar-refractivity contribution in [2.45, 2.75) is 36.6 Å². The smallest absolute Gasteiger partial charge is 0.385 e. The van der Waals surface area contributed by atoms with Gasteiger partial charge in [0.25, 0.3) is 5.91 Å². The minimum absolute atomic E-state index is 0. The molecule has 0 aliphatic carbocycles. The van der Waals surface area contributed by atoms with Gasteiger partial charge in [-0.1, -0.05) is 59.6 Å². The molecule has 0 spiro atoms. The van der Waals surface area contributed by atoms with Crippen molar-refractivity contribution in [2.24, 2.45) is 0 Å². The number of alkyl halides is 3. The van der Waals surface area contributed by atoms with Gasteiger partial charge in [0.05, 0.1) is 27.8 Å². The summed E-state index contributed by atoms with van der Waals surface area (Å²) in [5.74, 6) is -0.147. The Kier molecular flexibility index (Phi) is 9.63. The largest absolute Gasteiger partial charge is 0.416 e. The number of hydrogen-bond acceptors (Lipinski definition) is 4. The molecule has 2 fully saturated rings. The zero-order chi connectivity index (χ0) is 28.5. The Balaban J connectivity index is 0.00000387. The molecule has 2 aliphatic heterocycles. The average Bonchev–Trinajstić information content (AvgIpc) is 2.95. The molecular formula is C30H30Cl3F3N2O3. The van der Waals surface area contributed by atoms with Crippen molar-refractivity contribution in [3.05, 3.63) is 99.5 Å². The number of amides is 1. The number of para-hydroxylation sites is 1. The van der Waals surface area contributed by atoms with Crippen LogP contribution in [0.1, 0.15) is 36.0 Å². The maximum atomic E-state index is 13.2. The molecule has 0 bridgehead atoms. The molecular weight excluding hydrogens is 600 g/mol. The Bertz CT molecular complexity index is 1370. The second kappa shape index (κ2) is 12.5. The van der Waals surface area contributed by atoms with Gasteiger partial charge in [-0.15, -0.1) is 12.4 Å². The first-order valence-corrected chi connectivity index (χ1v) is 13.8. The van der Waals surface area contributed by atoms with Crippen LogP contribution in [0.15, 0.2) is 72.8 Å². The van der Waals surface area contributed by atoms with E-state index < -0.39 is 22.9 Å². The number of aliphatic hydroxyl groups is 1. The predicted octanol–water partition coefficient (Wildman–Crippen LogP) is 7.07. The fourth-order valence-corrected chi connectivity index (χ4v) is 5.82. The number of carbonyl (C=O) groups excluding carboxylic acids is 1. The molecule has 2 heterocycles. The summed E-state index contributed by atoms with van der Waals surface area (Å²) in [6, 6.07) is 19.7. The van der Waals surface area contributed by atoms with Gasteiger partial charge in [0.1, 0.15) is 12.2 Å². The molecule has 2 aliphatic rings. The molecule has 1 unspecified atom stereocenters. The van der Waals surface area contributed by atoms with Crippen molar-refractivity contribution < 1.29 is 27.8 Å². The van der Waals surface area contributed by atoms with E-state index in [1.54, 1.807) is 23.1 Å². The summed E-state index contributed by atoms with van der Waals surface area (Å²) in [6.07, 6.45) is -3.36. The first-order valence-electron chi connectivity index (χ1n) is 13.1. The van der Waals surface area contributed by atoms with Crippen LogP contribution in [0.4, 0.5) is 18.9 Å². The monoisotopic (exact) mass is 628 g/mol. The highest BCUT2D eigenvalue weighted by molar-refractivity contribution is 6.42. The standard InChI is InChI=1S/C30H29Cl2F3N2O3.ClH/c31-25-10-9-22(18-26(25)32)29(20-37(27(38)19-40-29)24-7-2-1-3-8-24)13-16-36-14-11-28(39,12-15-36)21-5-4-6-23(17-21)30(33,34)35;/h1-10,17-18,39H,11-16,19-20H2;1H. The number of rotatable bonds is 6. The summed E-state index contributed by atoms with van der Waals surface area (Å²) in [5, 5.41) is 12.1. The molecule has 0 saturated carbocycles. The maximum Gasteiger partial charge on any atom is 0.416 e. The minimum Gasteiger partial charge on any atom is -0.385 e. The minimum atomic E-state index is -4.47. The SMILES string of the molecule is Cl.O=C1COC(CCN2CCC(O)(c3cccc(C(F)(F)F)c3)CC2)(c2ccc(Cl)c(Cl)c2)CN1c1ccccc1. The third kappa shape index (κ3) is 6.85. The summed E-state index contributed by atoms with van der Waals surface area (Å²) in [5.41, 5.74) is -1.13. The van der Waals surface area contributed by atoms with E-state index in [9.17, 15) is 23.1 Å². The van der Waals surface area contributed by atoms with E-state index in [1.165, 1.54) is 6.07 Å². The lowest BCUT2D eigenvalue weighted by Gasteiger charge is -2.45. The number of anilines is 1. The Labute approximate surface area is 253 Å². The highest BCUT2D eigenvalue weighted by atomic mass is 35.5. The number of halogens is 6. The summed E-state index contributed by atoms with van der Waals surface area (Å²) in [6.45, 7) is 1.73. The molecule has 11 heteroatoms. The van der Waals surface area contributed by atoms with E-state index >= 15 is 0 Å². The summed E-state index contributed by atoms with van der Waals surface area (Å²) >= 11 is 12.6. The molecule has 2 saturated heterocycles. The summed E-state index contributed by atoms with van der Waals surface area (Å²) < 4.78 is 46.0. The van der Waals surface area contributed by atoms with Crippen LogP contribution >= 0.6 is 35.6 Å². The number of likely N-dealkylation sites (tertiary alicyclic amines) is 1. The van der Waals surface area contributed by atoms with Crippen LogP contribution in [0, 0.1) is 0 Å². The van der Waals surface area contributed by atoms with E-state index in [1.807, 2.05) is 36.4 Å². The molecule has 0 radical (unpaired) electrons. The third-order valence-electron chi connectivity index (χ3n) is 7.94. The summed E-state index contributed by atoms with van der Waals surface area (Å²) in [7, 11) is 0. The van der Waals surface area contributed by atoms with Gasteiger partial charge in [0, 0.05) is 25.3 Å². The lowest BCUT2D eigenvalue weighted by molar-refractivity contribution is -0.142. The van der Waals surface area contributed by atoms with Gasteiger partial charge in [0.15, 0.2) is 0 Å². The van der Waals surface area contributed by atoms with E-state index in [0.717, 1.165) is 23.4 Å². The highest BCUT2D eigenvalue weighted by Gasteiger charge is 2.43. The lowest BCUT2D eigenvalue weighted by atomic mass is 9.83. The number of carbonyl (C=O) groups is 1. The normalized spacial score (nSPS) is 21.4. The van der Waals surface area contributed by atoms with Gasteiger partial charge in [-0.3, -0.25) is 4.79 Å². The van der Waals surface area contributed by atoms with Crippen molar-refractivity contribution in [1.82, 2.24) is 4.90 Å². The van der Waals surface area contributed by atoms with Crippen LogP contribution < -0.4 is 4.90 Å². The van der Waals surface area contributed by atoms with E-state index in [0.29, 0.717) is 48.9 Å². The van der Waals surface area contributed by atoms with Crippen LogP contribution in [0.3, 0.4) is 0 Å². The Morgan fingerprint density at radius 3 is 2.27 bits per heavy atom. The van der Waals surface area contributed by atoms with Crippen LogP contribution in [0.25, 0.3) is 0 Å². The third-order valence-corrected chi connectivity index (χ3v) is 8.68. The molecule has 1 amide bonds. The second-order valence-corrected chi connectivity index (χ2v) is 11.2. The number of piperidine rings is 1. The number of benzene rings is 3. The predicted molar refractivity (Wildman–Crippen MR) is 156 cm³/mol. The molecule has 1 N–H and O–H groups in total. The molecule has 220 valence electrons. The number of nitrogens with zero attached hydrogens (tertiary/aromatic N) is 2. The molecule has 5 nitrogen and oxygen atoms in total. The van der Waals surface area contributed by atoms with Crippen molar-refractivity contribution in [1.29, 1.82) is 0 Å². The molecule has 1 atom stereocenters. The second-order valence-electron chi connectivity index (χ2n) is 10.4. The first kappa shape index (κ1) is 31.6. The molecule has 41 heavy (non-hydrogen) atoms. The fraction of sp³-hybridized carbons (Fsp3) is 0.367. The lowest BCUT2D eigenvalue weighted by Crippen LogP contribution is -2.54. The van der Waals surface area contributed by atoms with Crippen molar-refractivity contribution >= 4 is 47.2 Å². The Morgan fingerprint density at radius 2 is 1.61 bits per heavy atom. The quantitative estimate of drug-likeness (QED) is 0.317. The van der Waals surface area contributed by atoms with Gasteiger partial charge < -0.3 is 19.6 Å². The Morgan fingerprint density at radius 1 is 0.902 bits per heavy atom. The molecule has 3 aromatic carbocycles. The molecule has 0 aromatic heterocycles. The van der Waals surface area contributed by atoms with Gasteiger partial charge in [-0.25, -0.2) is 0 Å². The molecule has 5 rings (SSSR count). The Hall–Kier alpha value is -2.33. The van der Waals surface area contributed by atoms with Crippen LogP contribution in [-0.2, 0) is 26.9 Å². The fourth-order valence-electron chi connectivity index (χ4n) is 5.52. The average molecular weight is 630 g/mol. The van der Waals surface area contributed by atoms with E-state index in [2.05, 4.69) is 4.90 Å². The summed E-state index contributed by atoms with van der Waals surface area (Å²) in [4.78, 5) is 16.8. The van der Waals surface area contributed by atoms with Gasteiger partial charge >= 0.3 is 6.18 Å². The van der Waals surface area contributed by atoms with Crippen LogP contribution in [-0.4, -0.2) is 48.7 Å². The highest BCUT2D eigenvalue weighted by Crippen LogP contribution is 2.40. The number of morpholine rings is 1. The van der Waals surface area contributed by atoms with Gasteiger partial charge in [-0.2, -0.15) is 13.2 Å². The van der Waals surface area contributed by atoms with Crippen LogP contribution in [0.2, 0.25) is 10.0 Å². The zero-order valence-corrected chi connectivity index (χ0v) is 24.4. The van der Waals surface area contributed by atoms with Crippen molar-refractivity contribution in [3.8, 4) is 0 Å². The number of hydrogen-bond donors (Lipinski definition) is 1. The molecule has 3 aromatic rings. The van der Waals surface area contributed by atoms with Crippen LogP contribution in [0.5, 0.6) is 0 Å². The van der Waals surface area contributed by atoms with Crippen molar-refractivity contribution in [2.75, 3.05) is 37.7 Å². The number of ether oxygens (including phenoxy) is 1. The van der Waals surface area contributed by atoms with Crippen molar-refractivity contribution in [3.63, 3.8) is 0 Å². The van der Waals surface area contributed by atoms with E-state index in [-0.39, 0.29) is 37.0 Å². The van der Waals surface area contributed by atoms with Gasteiger partial charge in [0.2, 0.25) is 0 Å². The zero-order valence-electron chi connectivity index (χ0n) is 22.0.